The number of alkyl carbamates (subject to hydrolysis) is 1. The normalized spacial score (nSPS) is 13.4. The summed E-state index contributed by atoms with van der Waals surface area (Å²) in [6.45, 7) is 5.11. The Labute approximate surface area is 143 Å². The first-order valence-electron chi connectivity index (χ1n) is 7.70. The number of nitrogens with zero attached hydrogens (tertiary/aromatic N) is 1. The Kier molecular flexibility index (Phi) is 5.39. The van der Waals surface area contributed by atoms with Gasteiger partial charge >= 0.3 is 12.3 Å². The molecular formula is C17H20F3N3O2. The van der Waals surface area contributed by atoms with Crippen molar-refractivity contribution in [3.8, 4) is 0 Å². The molecule has 2 rings (SSSR count). The Morgan fingerprint density at radius 1 is 1.24 bits per heavy atom. The van der Waals surface area contributed by atoms with Crippen LogP contribution in [0.5, 0.6) is 0 Å². The van der Waals surface area contributed by atoms with E-state index in [-0.39, 0.29) is 12.2 Å². The van der Waals surface area contributed by atoms with Crippen LogP contribution in [0.3, 0.4) is 0 Å². The lowest BCUT2D eigenvalue weighted by Gasteiger charge is -2.23. The molecule has 2 N–H and O–H groups in total. The van der Waals surface area contributed by atoms with Gasteiger partial charge in [0.25, 0.3) is 0 Å². The number of nitrogens with one attached hydrogen (secondary N) is 2. The number of ether oxygens (including phenoxy) is 1. The van der Waals surface area contributed by atoms with Crippen LogP contribution < -0.4 is 5.32 Å². The van der Waals surface area contributed by atoms with Crippen LogP contribution in [0, 0.1) is 0 Å². The van der Waals surface area contributed by atoms with Crippen LogP contribution in [0.15, 0.2) is 36.5 Å². The van der Waals surface area contributed by atoms with E-state index in [9.17, 15) is 18.0 Å². The largest absolute Gasteiger partial charge is 0.444 e. The van der Waals surface area contributed by atoms with Crippen molar-refractivity contribution in [2.75, 3.05) is 0 Å². The number of amides is 1. The molecule has 1 atom stereocenters. The number of hydrogen-bond donors (Lipinski definition) is 2. The number of alkyl halides is 3. The monoisotopic (exact) mass is 355 g/mol. The Morgan fingerprint density at radius 2 is 1.88 bits per heavy atom. The summed E-state index contributed by atoms with van der Waals surface area (Å²) in [5.74, 6) is 0.0158. The van der Waals surface area contributed by atoms with Crippen molar-refractivity contribution in [1.82, 2.24) is 15.3 Å². The first-order valence-corrected chi connectivity index (χ1v) is 7.70. The molecule has 1 heterocycles. The third-order valence-corrected chi connectivity index (χ3v) is 3.20. The van der Waals surface area contributed by atoms with E-state index in [1.165, 1.54) is 0 Å². The number of carbonyl (C=O) groups is 1. The SMILES string of the molecule is CC(C)(C)OC(=O)NC(Cc1ccccc1)c1ncc(C(F)(F)F)[nH]1. The number of benzene rings is 1. The fourth-order valence-electron chi connectivity index (χ4n) is 2.17. The summed E-state index contributed by atoms with van der Waals surface area (Å²) >= 11 is 0. The first kappa shape index (κ1) is 18.8. The molecule has 8 heteroatoms. The van der Waals surface area contributed by atoms with Gasteiger partial charge in [-0.05, 0) is 26.3 Å². The minimum absolute atomic E-state index is 0.0158. The van der Waals surface area contributed by atoms with E-state index in [1.807, 2.05) is 30.3 Å². The number of rotatable bonds is 4. The van der Waals surface area contributed by atoms with E-state index in [2.05, 4.69) is 15.3 Å². The quantitative estimate of drug-likeness (QED) is 0.862. The van der Waals surface area contributed by atoms with Crippen LogP contribution in [0.25, 0.3) is 0 Å². The van der Waals surface area contributed by atoms with Crippen molar-refractivity contribution in [1.29, 1.82) is 0 Å². The average molecular weight is 355 g/mol. The molecule has 1 aromatic carbocycles. The summed E-state index contributed by atoms with van der Waals surface area (Å²) in [6.07, 6.45) is -4.28. The average Bonchev–Trinajstić information content (AvgIpc) is 2.95. The predicted molar refractivity (Wildman–Crippen MR) is 85.8 cm³/mol. The number of halogens is 3. The highest BCUT2D eigenvalue weighted by molar-refractivity contribution is 5.68. The van der Waals surface area contributed by atoms with Gasteiger partial charge in [-0.1, -0.05) is 30.3 Å². The smallest absolute Gasteiger partial charge is 0.432 e. The maximum Gasteiger partial charge on any atom is 0.432 e. The second-order valence-electron chi connectivity index (χ2n) is 6.57. The number of aromatic amines is 1. The van der Waals surface area contributed by atoms with E-state index in [0.29, 0.717) is 6.20 Å². The Hall–Kier alpha value is -2.51. The molecule has 0 aliphatic rings. The van der Waals surface area contributed by atoms with Crippen molar-refractivity contribution in [2.24, 2.45) is 0 Å². The summed E-state index contributed by atoms with van der Waals surface area (Å²) < 4.78 is 43.6. The molecule has 0 aliphatic heterocycles. The van der Waals surface area contributed by atoms with Gasteiger partial charge in [0.05, 0.1) is 12.2 Å². The molecule has 25 heavy (non-hydrogen) atoms. The number of H-pyrrole nitrogens is 1. The van der Waals surface area contributed by atoms with Crippen LogP contribution in [0.2, 0.25) is 0 Å². The topological polar surface area (TPSA) is 67.0 Å². The zero-order chi connectivity index (χ0) is 18.7. The van der Waals surface area contributed by atoms with Crippen molar-refractivity contribution in [2.45, 2.75) is 45.0 Å². The molecule has 1 unspecified atom stereocenters. The minimum atomic E-state index is -4.53. The predicted octanol–water partition coefficient (Wildman–Crippen LogP) is 4.24. The molecule has 0 radical (unpaired) electrons. The second-order valence-corrected chi connectivity index (χ2v) is 6.57. The van der Waals surface area contributed by atoms with Crippen LogP contribution in [0.1, 0.15) is 43.9 Å². The van der Waals surface area contributed by atoms with Gasteiger partial charge in [0.15, 0.2) is 0 Å². The molecule has 0 saturated heterocycles. The molecule has 0 aliphatic carbocycles. The van der Waals surface area contributed by atoms with Gasteiger partial charge in [0.1, 0.15) is 17.1 Å². The number of imidazole rings is 1. The molecular weight excluding hydrogens is 335 g/mol. The van der Waals surface area contributed by atoms with Gasteiger partial charge < -0.3 is 15.0 Å². The van der Waals surface area contributed by atoms with Crippen molar-refractivity contribution >= 4 is 6.09 Å². The van der Waals surface area contributed by atoms with Gasteiger partial charge in [-0.25, -0.2) is 9.78 Å². The molecule has 0 spiro atoms. The highest BCUT2D eigenvalue weighted by Gasteiger charge is 2.34. The van der Waals surface area contributed by atoms with Crippen LogP contribution >= 0.6 is 0 Å². The summed E-state index contributed by atoms with van der Waals surface area (Å²) in [5.41, 5.74) is -0.845. The number of hydrogen-bond acceptors (Lipinski definition) is 3. The standard InChI is InChI=1S/C17H20F3N3O2/c1-16(2,3)25-15(24)22-12(9-11-7-5-4-6-8-11)14-21-10-13(23-14)17(18,19)20/h4-8,10,12H,9H2,1-3H3,(H,21,23)(H,22,24). The Morgan fingerprint density at radius 3 is 2.40 bits per heavy atom. The molecule has 2 aromatic rings. The van der Waals surface area contributed by atoms with Crippen LogP contribution in [-0.2, 0) is 17.3 Å². The van der Waals surface area contributed by atoms with Gasteiger partial charge in [-0.3, -0.25) is 0 Å². The maximum atomic E-state index is 12.8. The zero-order valence-electron chi connectivity index (χ0n) is 14.1. The van der Waals surface area contributed by atoms with E-state index in [0.717, 1.165) is 5.56 Å². The zero-order valence-corrected chi connectivity index (χ0v) is 14.1. The molecule has 5 nitrogen and oxygen atoms in total. The number of aromatic nitrogens is 2. The lowest BCUT2D eigenvalue weighted by molar-refractivity contribution is -0.141. The van der Waals surface area contributed by atoms with E-state index >= 15 is 0 Å². The highest BCUT2D eigenvalue weighted by Crippen LogP contribution is 2.29. The third kappa shape index (κ3) is 5.81. The number of carbonyl (C=O) groups excluding carboxylic acids is 1. The minimum Gasteiger partial charge on any atom is -0.444 e. The van der Waals surface area contributed by atoms with E-state index in [4.69, 9.17) is 4.74 Å². The van der Waals surface area contributed by atoms with Gasteiger partial charge in [-0.2, -0.15) is 13.2 Å². The fourth-order valence-corrected chi connectivity index (χ4v) is 2.17. The maximum absolute atomic E-state index is 12.8. The summed E-state index contributed by atoms with van der Waals surface area (Å²) in [4.78, 5) is 18.1. The Balaban J connectivity index is 2.22. The molecule has 136 valence electrons. The summed E-state index contributed by atoms with van der Waals surface area (Å²) in [5, 5.41) is 2.58. The van der Waals surface area contributed by atoms with Crippen LogP contribution in [-0.4, -0.2) is 21.7 Å². The van der Waals surface area contributed by atoms with Gasteiger partial charge in [0.2, 0.25) is 0 Å². The molecule has 0 saturated carbocycles. The van der Waals surface area contributed by atoms with E-state index in [1.54, 1.807) is 20.8 Å². The fraction of sp³-hybridized carbons (Fsp3) is 0.412. The van der Waals surface area contributed by atoms with Crippen molar-refractivity contribution < 1.29 is 22.7 Å². The molecule has 1 aromatic heterocycles. The summed E-state index contributed by atoms with van der Waals surface area (Å²) in [7, 11) is 0. The van der Waals surface area contributed by atoms with Crippen molar-refractivity contribution in [3.05, 3.63) is 53.6 Å². The van der Waals surface area contributed by atoms with Crippen molar-refractivity contribution in [3.63, 3.8) is 0 Å². The highest BCUT2D eigenvalue weighted by atomic mass is 19.4. The first-order chi connectivity index (χ1) is 11.5. The van der Waals surface area contributed by atoms with E-state index < -0.39 is 29.6 Å². The molecule has 1 amide bonds. The molecule has 0 fully saturated rings. The lowest BCUT2D eigenvalue weighted by atomic mass is 10.1. The van der Waals surface area contributed by atoms with Gasteiger partial charge in [-0.15, -0.1) is 0 Å². The lowest BCUT2D eigenvalue weighted by Crippen LogP contribution is -2.36. The summed E-state index contributed by atoms with van der Waals surface area (Å²) in [6, 6.07) is 8.29. The second kappa shape index (κ2) is 7.16. The Bertz CT molecular complexity index is 706. The molecule has 0 bridgehead atoms. The van der Waals surface area contributed by atoms with Gasteiger partial charge in [0, 0.05) is 6.42 Å². The van der Waals surface area contributed by atoms with Crippen LogP contribution in [0.4, 0.5) is 18.0 Å². The third-order valence-electron chi connectivity index (χ3n) is 3.20.